The molecule has 0 N–H and O–H groups in total. The van der Waals surface area contributed by atoms with Crippen molar-refractivity contribution in [3.05, 3.63) is 0 Å². The van der Waals surface area contributed by atoms with Crippen molar-refractivity contribution in [1.82, 2.24) is 0 Å². The van der Waals surface area contributed by atoms with Crippen molar-refractivity contribution in [2.75, 3.05) is 0 Å². The summed E-state index contributed by atoms with van der Waals surface area (Å²) < 4.78 is 5.57. The summed E-state index contributed by atoms with van der Waals surface area (Å²) in [6, 6.07) is 0. The Morgan fingerprint density at radius 2 is 1.54 bits per heavy atom. The predicted molar refractivity (Wildman–Crippen MR) is 101 cm³/mol. The van der Waals surface area contributed by atoms with Gasteiger partial charge in [-0.1, -0.05) is 13.8 Å². The molecule has 0 aromatic carbocycles. The lowest BCUT2D eigenvalue weighted by Gasteiger charge is -2.61. The van der Waals surface area contributed by atoms with E-state index < -0.39 is 0 Å². The van der Waals surface area contributed by atoms with Gasteiger partial charge in [0, 0.05) is 12.8 Å². The van der Waals surface area contributed by atoms with Gasteiger partial charge in [0.15, 0.2) is 0 Å². The molecule has 0 amide bonds. The molecule has 5 unspecified atom stereocenters. The van der Waals surface area contributed by atoms with Gasteiger partial charge in [0.1, 0.15) is 11.9 Å². The fourth-order valence-corrected chi connectivity index (χ4v) is 8.23. The highest BCUT2D eigenvalue weighted by molar-refractivity contribution is 5.79. The molecule has 4 rings (SSSR count). The van der Waals surface area contributed by atoms with Crippen molar-refractivity contribution < 1.29 is 14.3 Å². The minimum absolute atomic E-state index is 0.123. The summed E-state index contributed by atoms with van der Waals surface area (Å²) in [7, 11) is 0. The quantitative estimate of drug-likeness (QED) is 0.638. The van der Waals surface area contributed by atoms with Crippen molar-refractivity contribution in [3.8, 4) is 0 Å². The Morgan fingerprint density at radius 1 is 0.846 bits per heavy atom. The Labute approximate surface area is 158 Å². The number of Topliss-reactive ketones (excluding diaryl/α,β-unsaturated/α-hetero) is 1. The molecule has 4 fully saturated rings. The van der Waals surface area contributed by atoms with Gasteiger partial charge in [-0.25, -0.2) is 0 Å². The van der Waals surface area contributed by atoms with Crippen LogP contribution in [-0.2, 0) is 14.3 Å². The first kappa shape index (κ1) is 18.5. The summed E-state index contributed by atoms with van der Waals surface area (Å²) >= 11 is 0. The van der Waals surface area contributed by atoms with Gasteiger partial charge < -0.3 is 4.74 Å². The van der Waals surface area contributed by atoms with Crippen LogP contribution in [0.4, 0.5) is 0 Å². The van der Waals surface area contributed by atoms with E-state index in [2.05, 4.69) is 13.8 Å². The number of carbonyl (C=O) groups is 2. The molecule has 0 bridgehead atoms. The van der Waals surface area contributed by atoms with E-state index in [1.165, 1.54) is 45.4 Å². The Balaban J connectivity index is 1.54. The molecule has 0 aliphatic heterocycles. The molecular weight excluding hydrogens is 324 g/mol. The van der Waals surface area contributed by atoms with Crippen molar-refractivity contribution in [2.45, 2.75) is 91.6 Å². The number of hydrogen-bond donors (Lipinski definition) is 0. The Morgan fingerprint density at radius 3 is 2.23 bits per heavy atom. The van der Waals surface area contributed by atoms with E-state index in [1.54, 1.807) is 0 Å². The van der Waals surface area contributed by atoms with E-state index in [4.69, 9.17) is 4.74 Å². The predicted octanol–water partition coefficient (Wildman–Crippen LogP) is 5.17. The Kier molecular flexibility index (Phi) is 4.51. The van der Waals surface area contributed by atoms with Crippen LogP contribution in [0.1, 0.15) is 85.5 Å². The fourth-order valence-electron chi connectivity index (χ4n) is 8.23. The monoisotopic (exact) mass is 360 g/mol. The third-order valence-electron chi connectivity index (χ3n) is 9.44. The number of ether oxygens (including phenoxy) is 1. The molecule has 0 radical (unpaired) electrons. The molecule has 0 spiro atoms. The zero-order chi connectivity index (χ0) is 18.7. The normalized spacial score (nSPS) is 50.3. The molecule has 26 heavy (non-hydrogen) atoms. The van der Waals surface area contributed by atoms with Gasteiger partial charge in [-0.05, 0) is 99.2 Å². The molecule has 8 atom stereocenters. The van der Waals surface area contributed by atoms with Crippen LogP contribution in [0.25, 0.3) is 0 Å². The van der Waals surface area contributed by atoms with E-state index in [9.17, 15) is 9.59 Å². The second-order valence-corrected chi connectivity index (χ2v) is 10.4. The van der Waals surface area contributed by atoms with Gasteiger partial charge in [0.2, 0.25) is 0 Å². The average Bonchev–Trinajstić information content (AvgIpc) is 2.92. The van der Waals surface area contributed by atoms with Gasteiger partial charge in [-0.15, -0.1) is 0 Å². The van der Waals surface area contributed by atoms with Crippen LogP contribution in [0.3, 0.4) is 0 Å². The molecule has 4 aliphatic rings. The molecule has 4 saturated carbocycles. The minimum Gasteiger partial charge on any atom is -0.463 e. The summed E-state index contributed by atoms with van der Waals surface area (Å²) in [5.74, 6) is 3.68. The van der Waals surface area contributed by atoms with Crippen LogP contribution in [-0.4, -0.2) is 17.9 Å². The summed E-state index contributed by atoms with van der Waals surface area (Å²) in [6.45, 7) is 8.33. The SMILES string of the molecule is CC(=O)OC1CC[C@]2(C)C3CC[C@]4(C)C(C(C)=O)CCC4C3CC[C@H]2C1. The summed E-state index contributed by atoms with van der Waals surface area (Å²) in [5.41, 5.74) is 0.667. The summed E-state index contributed by atoms with van der Waals surface area (Å²) in [6.07, 6.45) is 11.0. The summed E-state index contributed by atoms with van der Waals surface area (Å²) in [4.78, 5) is 23.6. The molecule has 146 valence electrons. The highest BCUT2D eigenvalue weighted by atomic mass is 16.5. The first-order valence-electron chi connectivity index (χ1n) is 10.9. The zero-order valence-electron chi connectivity index (χ0n) is 17.1. The number of rotatable bonds is 2. The molecule has 0 saturated heterocycles. The maximum Gasteiger partial charge on any atom is 0.302 e. The third-order valence-corrected chi connectivity index (χ3v) is 9.44. The van der Waals surface area contributed by atoms with E-state index >= 15 is 0 Å². The molecule has 4 aliphatic carbocycles. The van der Waals surface area contributed by atoms with Crippen LogP contribution in [0, 0.1) is 40.4 Å². The molecule has 0 heterocycles. The standard InChI is InChI=1S/C23H36O3/c1-14(24)19-7-8-20-18-6-5-16-13-17(26-15(2)25)9-11-22(16,3)21(18)10-12-23(19,20)4/h16-21H,5-13H2,1-4H3/t16-,17?,18?,19?,20?,21?,22-,23+/m0/s1. The molecule has 0 aromatic heterocycles. The van der Waals surface area contributed by atoms with Gasteiger partial charge in [0.25, 0.3) is 0 Å². The van der Waals surface area contributed by atoms with Crippen molar-refractivity contribution in [3.63, 3.8) is 0 Å². The third kappa shape index (κ3) is 2.67. The van der Waals surface area contributed by atoms with Crippen LogP contribution < -0.4 is 0 Å². The first-order valence-corrected chi connectivity index (χ1v) is 10.9. The second kappa shape index (κ2) is 6.34. The maximum atomic E-state index is 12.2. The minimum atomic E-state index is -0.123. The number of hydrogen-bond acceptors (Lipinski definition) is 3. The van der Waals surface area contributed by atoms with Crippen LogP contribution in [0.15, 0.2) is 0 Å². The van der Waals surface area contributed by atoms with E-state index in [0.717, 1.165) is 37.0 Å². The van der Waals surface area contributed by atoms with E-state index in [0.29, 0.717) is 23.0 Å². The molecule has 0 aromatic rings. The Hall–Kier alpha value is -0.860. The molecular formula is C23H36O3. The first-order chi connectivity index (χ1) is 12.3. The van der Waals surface area contributed by atoms with Gasteiger partial charge in [0.05, 0.1) is 0 Å². The van der Waals surface area contributed by atoms with Gasteiger partial charge >= 0.3 is 5.97 Å². The number of ketones is 1. The number of fused-ring (bicyclic) bond motifs is 5. The highest BCUT2D eigenvalue weighted by Gasteiger charge is 2.60. The summed E-state index contributed by atoms with van der Waals surface area (Å²) in [5, 5.41) is 0. The van der Waals surface area contributed by atoms with Crippen LogP contribution >= 0.6 is 0 Å². The largest absolute Gasteiger partial charge is 0.463 e. The van der Waals surface area contributed by atoms with Gasteiger partial charge in [-0.3, -0.25) is 9.59 Å². The Bertz CT molecular complexity index is 598. The molecule has 3 heteroatoms. The smallest absolute Gasteiger partial charge is 0.302 e. The lowest BCUT2D eigenvalue weighted by Crippen LogP contribution is -2.54. The number of carbonyl (C=O) groups excluding carboxylic acids is 2. The van der Waals surface area contributed by atoms with E-state index in [1.807, 2.05) is 6.92 Å². The molecule has 3 nitrogen and oxygen atoms in total. The van der Waals surface area contributed by atoms with E-state index in [-0.39, 0.29) is 17.5 Å². The lowest BCUT2D eigenvalue weighted by molar-refractivity contribution is -0.161. The zero-order valence-corrected chi connectivity index (χ0v) is 17.1. The van der Waals surface area contributed by atoms with Crippen LogP contribution in [0.2, 0.25) is 0 Å². The van der Waals surface area contributed by atoms with Crippen molar-refractivity contribution in [1.29, 1.82) is 0 Å². The fraction of sp³-hybridized carbons (Fsp3) is 0.913. The van der Waals surface area contributed by atoms with Crippen LogP contribution in [0.5, 0.6) is 0 Å². The topological polar surface area (TPSA) is 43.4 Å². The highest BCUT2D eigenvalue weighted by Crippen LogP contribution is 2.67. The maximum absolute atomic E-state index is 12.2. The van der Waals surface area contributed by atoms with Gasteiger partial charge in [-0.2, -0.15) is 0 Å². The number of esters is 1. The average molecular weight is 361 g/mol. The van der Waals surface area contributed by atoms with Crippen molar-refractivity contribution in [2.24, 2.45) is 40.4 Å². The lowest BCUT2D eigenvalue weighted by atomic mass is 9.44. The van der Waals surface area contributed by atoms with Crippen molar-refractivity contribution >= 4 is 11.8 Å². The second-order valence-electron chi connectivity index (χ2n) is 10.4.